The first-order chi connectivity index (χ1) is 9.80. The van der Waals surface area contributed by atoms with Gasteiger partial charge in [0.25, 0.3) is 0 Å². The summed E-state index contributed by atoms with van der Waals surface area (Å²) in [6, 6.07) is 11.9. The number of hydrogen-bond acceptors (Lipinski definition) is 4. The summed E-state index contributed by atoms with van der Waals surface area (Å²) in [4.78, 5) is 4.47. The highest BCUT2D eigenvalue weighted by atomic mass is 15.1. The summed E-state index contributed by atoms with van der Waals surface area (Å²) in [6.07, 6.45) is 1.23. The Labute approximate surface area is 118 Å². The van der Waals surface area contributed by atoms with Crippen LogP contribution in [0.5, 0.6) is 0 Å². The molecular formula is C15H17N5. The molecule has 0 spiro atoms. The fourth-order valence-corrected chi connectivity index (χ4v) is 2.19. The fourth-order valence-electron chi connectivity index (χ4n) is 2.19. The molecule has 1 aromatic carbocycles. The molecule has 0 amide bonds. The third-order valence-corrected chi connectivity index (χ3v) is 3.13. The summed E-state index contributed by atoms with van der Waals surface area (Å²) in [5, 5.41) is 21.3. The lowest BCUT2D eigenvalue weighted by Crippen LogP contribution is -2.32. The normalized spacial score (nSPS) is 11.9. The van der Waals surface area contributed by atoms with Crippen molar-refractivity contribution in [2.45, 2.75) is 32.4 Å². The van der Waals surface area contributed by atoms with Crippen LogP contribution >= 0.6 is 0 Å². The van der Waals surface area contributed by atoms with E-state index in [0.29, 0.717) is 12.4 Å². The van der Waals surface area contributed by atoms with Gasteiger partial charge in [-0.15, -0.1) is 0 Å². The highest BCUT2D eigenvalue weighted by Gasteiger charge is 2.14. The quantitative estimate of drug-likeness (QED) is 0.868. The van der Waals surface area contributed by atoms with Crippen molar-refractivity contribution in [1.29, 1.82) is 10.5 Å². The second kappa shape index (κ2) is 6.70. The zero-order valence-corrected chi connectivity index (χ0v) is 11.5. The minimum atomic E-state index is -0.273. The molecule has 0 radical (unpaired) electrons. The number of para-hydroxylation sites is 2. The van der Waals surface area contributed by atoms with E-state index in [2.05, 4.69) is 29.4 Å². The van der Waals surface area contributed by atoms with Crippen molar-refractivity contribution in [1.82, 2.24) is 14.9 Å². The molecule has 5 heteroatoms. The van der Waals surface area contributed by atoms with Crippen LogP contribution in [0.15, 0.2) is 24.3 Å². The van der Waals surface area contributed by atoms with Crippen molar-refractivity contribution in [3.05, 3.63) is 30.1 Å². The highest BCUT2D eigenvalue weighted by molar-refractivity contribution is 5.76. The van der Waals surface area contributed by atoms with Crippen LogP contribution < -0.4 is 5.32 Å². The van der Waals surface area contributed by atoms with E-state index in [-0.39, 0.29) is 12.5 Å². The third kappa shape index (κ3) is 2.96. The summed E-state index contributed by atoms with van der Waals surface area (Å²) in [5.74, 6) is 0.715. The summed E-state index contributed by atoms with van der Waals surface area (Å²) in [7, 11) is 0. The lowest BCUT2D eigenvalue weighted by atomic mass is 10.2. The number of imidazole rings is 1. The van der Waals surface area contributed by atoms with Gasteiger partial charge in [-0.3, -0.25) is 0 Å². The minimum absolute atomic E-state index is 0.251. The molecule has 1 heterocycles. The van der Waals surface area contributed by atoms with Gasteiger partial charge in [-0.05, 0) is 25.1 Å². The van der Waals surface area contributed by atoms with Gasteiger partial charge in [0.15, 0.2) is 0 Å². The zero-order valence-electron chi connectivity index (χ0n) is 11.5. The Morgan fingerprint density at radius 1 is 1.35 bits per heavy atom. The van der Waals surface area contributed by atoms with E-state index in [9.17, 15) is 5.26 Å². The van der Waals surface area contributed by atoms with Crippen molar-refractivity contribution >= 4 is 11.0 Å². The average Bonchev–Trinajstić information content (AvgIpc) is 2.81. The number of benzene rings is 1. The molecule has 0 saturated heterocycles. The van der Waals surface area contributed by atoms with Gasteiger partial charge < -0.3 is 9.88 Å². The molecular weight excluding hydrogens is 250 g/mol. The minimum Gasteiger partial charge on any atom is -0.324 e. The molecule has 1 aromatic heterocycles. The Bertz CT molecular complexity index is 659. The molecule has 5 nitrogen and oxygen atoms in total. The topological polar surface area (TPSA) is 77.4 Å². The number of nitriles is 2. The Kier molecular flexibility index (Phi) is 4.70. The highest BCUT2D eigenvalue weighted by Crippen LogP contribution is 2.16. The molecule has 1 unspecified atom stereocenters. The lowest BCUT2D eigenvalue weighted by Gasteiger charge is -2.14. The van der Waals surface area contributed by atoms with Crippen molar-refractivity contribution in [3.63, 3.8) is 0 Å². The molecule has 2 aromatic rings. The number of hydrogen-bond donors (Lipinski definition) is 1. The van der Waals surface area contributed by atoms with Crippen LogP contribution in [-0.2, 0) is 13.0 Å². The smallest absolute Gasteiger partial charge is 0.124 e. The fraction of sp³-hybridized carbons (Fsp3) is 0.400. The molecule has 0 bridgehead atoms. The molecule has 0 aliphatic carbocycles. The first-order valence-corrected chi connectivity index (χ1v) is 6.74. The molecule has 0 aliphatic rings. The van der Waals surface area contributed by atoms with E-state index in [1.807, 2.05) is 28.8 Å². The number of aromatic nitrogens is 2. The van der Waals surface area contributed by atoms with Crippen LogP contribution in [0.1, 0.15) is 19.2 Å². The van der Waals surface area contributed by atoms with Gasteiger partial charge in [-0.1, -0.05) is 19.1 Å². The van der Waals surface area contributed by atoms with E-state index in [1.165, 1.54) is 0 Å². The maximum atomic E-state index is 9.23. The van der Waals surface area contributed by atoms with Gasteiger partial charge in [0, 0.05) is 0 Å². The van der Waals surface area contributed by atoms with Gasteiger partial charge in [-0.25, -0.2) is 4.98 Å². The Morgan fingerprint density at radius 2 is 2.15 bits per heavy atom. The summed E-state index contributed by atoms with van der Waals surface area (Å²) in [6.45, 7) is 3.38. The first kappa shape index (κ1) is 14.0. The van der Waals surface area contributed by atoms with Gasteiger partial charge in [0.05, 0.1) is 36.1 Å². The second-order valence-corrected chi connectivity index (χ2v) is 4.60. The number of nitrogens with one attached hydrogen (secondary N) is 1. The molecule has 20 heavy (non-hydrogen) atoms. The van der Waals surface area contributed by atoms with Gasteiger partial charge in [-0.2, -0.15) is 10.5 Å². The molecule has 102 valence electrons. The van der Waals surface area contributed by atoms with E-state index in [4.69, 9.17) is 5.26 Å². The van der Waals surface area contributed by atoms with Crippen molar-refractivity contribution in [3.8, 4) is 12.1 Å². The van der Waals surface area contributed by atoms with E-state index < -0.39 is 0 Å². The van der Waals surface area contributed by atoms with Crippen LogP contribution in [0.4, 0.5) is 0 Å². The SMILES string of the molecule is CCCNC(C#N)Cn1c(CC#N)nc2ccccc21. The standard InChI is InChI=1S/C15H17N5/c1-2-9-18-12(10-17)11-20-14-6-4-3-5-13(14)19-15(20)7-8-16/h3-6,12,18H,2,7,9,11H2,1H3. The molecule has 1 atom stereocenters. The first-order valence-electron chi connectivity index (χ1n) is 6.74. The van der Waals surface area contributed by atoms with E-state index in [0.717, 1.165) is 24.0 Å². The maximum absolute atomic E-state index is 9.23. The number of nitrogens with zero attached hydrogens (tertiary/aromatic N) is 4. The van der Waals surface area contributed by atoms with Gasteiger partial charge in [0.2, 0.25) is 0 Å². The Hall–Kier alpha value is -2.37. The lowest BCUT2D eigenvalue weighted by molar-refractivity contribution is 0.519. The summed E-state index contributed by atoms with van der Waals surface area (Å²) in [5.41, 5.74) is 1.83. The molecule has 0 fully saturated rings. The molecule has 0 saturated carbocycles. The maximum Gasteiger partial charge on any atom is 0.124 e. The molecule has 0 aliphatic heterocycles. The van der Waals surface area contributed by atoms with Crippen LogP contribution in [0.2, 0.25) is 0 Å². The summed E-state index contributed by atoms with van der Waals surface area (Å²) < 4.78 is 1.97. The molecule has 2 rings (SSSR count). The van der Waals surface area contributed by atoms with Crippen molar-refractivity contribution in [2.24, 2.45) is 0 Å². The Balaban J connectivity index is 2.33. The van der Waals surface area contributed by atoms with E-state index in [1.54, 1.807) is 0 Å². The number of fused-ring (bicyclic) bond motifs is 1. The van der Waals surface area contributed by atoms with Gasteiger partial charge >= 0.3 is 0 Å². The van der Waals surface area contributed by atoms with E-state index >= 15 is 0 Å². The van der Waals surface area contributed by atoms with Gasteiger partial charge in [0.1, 0.15) is 11.9 Å². The van der Waals surface area contributed by atoms with Crippen LogP contribution in [0, 0.1) is 22.7 Å². The second-order valence-electron chi connectivity index (χ2n) is 4.60. The number of rotatable bonds is 6. The average molecular weight is 267 g/mol. The predicted octanol–water partition coefficient (Wildman–Crippen LogP) is 1.99. The zero-order chi connectivity index (χ0) is 14.4. The van der Waals surface area contributed by atoms with Crippen LogP contribution in [0.25, 0.3) is 11.0 Å². The predicted molar refractivity (Wildman–Crippen MR) is 76.7 cm³/mol. The van der Waals surface area contributed by atoms with Crippen LogP contribution in [-0.4, -0.2) is 22.1 Å². The van der Waals surface area contributed by atoms with Crippen molar-refractivity contribution < 1.29 is 0 Å². The van der Waals surface area contributed by atoms with Crippen molar-refractivity contribution in [2.75, 3.05) is 6.54 Å². The monoisotopic (exact) mass is 267 g/mol. The van der Waals surface area contributed by atoms with Crippen LogP contribution in [0.3, 0.4) is 0 Å². The largest absolute Gasteiger partial charge is 0.324 e. The third-order valence-electron chi connectivity index (χ3n) is 3.13. The summed E-state index contributed by atoms with van der Waals surface area (Å²) >= 11 is 0. The molecule has 1 N–H and O–H groups in total. The Morgan fingerprint density at radius 3 is 2.85 bits per heavy atom.